The highest BCUT2D eigenvalue weighted by molar-refractivity contribution is 5.85. The summed E-state index contributed by atoms with van der Waals surface area (Å²) in [5.41, 5.74) is 1.29. The molecular weight excluding hydrogens is 198 g/mol. The quantitative estimate of drug-likeness (QED) is 0.778. The summed E-state index contributed by atoms with van der Waals surface area (Å²) in [4.78, 5) is 0. The van der Waals surface area contributed by atoms with Crippen LogP contribution < -0.4 is 5.32 Å². The molecule has 1 aromatic carbocycles. The topological polar surface area (TPSA) is 32.3 Å². The van der Waals surface area contributed by atoms with Crippen LogP contribution in [0.5, 0.6) is 0 Å². The molecule has 1 fully saturated rings. The molecule has 3 heteroatoms. The highest BCUT2D eigenvalue weighted by Gasteiger charge is 2.24. The van der Waals surface area contributed by atoms with Gasteiger partial charge in [-0.1, -0.05) is 30.3 Å². The first kappa shape index (κ1) is 11.5. The van der Waals surface area contributed by atoms with Gasteiger partial charge in [0.1, 0.15) is 0 Å². The fourth-order valence-corrected chi connectivity index (χ4v) is 1.83. The first-order valence-electron chi connectivity index (χ1n) is 4.81. The zero-order chi connectivity index (χ0) is 9.10. The summed E-state index contributed by atoms with van der Waals surface area (Å²) < 4.78 is 0. The second-order valence-electron chi connectivity index (χ2n) is 3.61. The minimum absolute atomic E-state index is 0. The van der Waals surface area contributed by atoms with Gasteiger partial charge in [0.05, 0.1) is 6.10 Å². The molecule has 2 atom stereocenters. The Balaban J connectivity index is 0.000000980. The van der Waals surface area contributed by atoms with Gasteiger partial charge in [-0.25, -0.2) is 0 Å². The van der Waals surface area contributed by atoms with Crippen molar-refractivity contribution in [1.29, 1.82) is 0 Å². The van der Waals surface area contributed by atoms with Crippen LogP contribution in [0.3, 0.4) is 0 Å². The van der Waals surface area contributed by atoms with Crippen LogP contribution in [0.1, 0.15) is 12.0 Å². The molecule has 0 radical (unpaired) electrons. The average molecular weight is 214 g/mol. The van der Waals surface area contributed by atoms with Crippen molar-refractivity contribution in [3.8, 4) is 0 Å². The van der Waals surface area contributed by atoms with Gasteiger partial charge >= 0.3 is 0 Å². The van der Waals surface area contributed by atoms with Gasteiger partial charge in [0.2, 0.25) is 0 Å². The molecule has 0 bridgehead atoms. The normalized spacial score (nSPS) is 25.8. The molecule has 2 rings (SSSR count). The van der Waals surface area contributed by atoms with Crippen LogP contribution in [0.4, 0.5) is 0 Å². The first-order valence-corrected chi connectivity index (χ1v) is 4.81. The molecule has 0 spiro atoms. The van der Waals surface area contributed by atoms with Crippen molar-refractivity contribution in [2.24, 2.45) is 0 Å². The second-order valence-corrected chi connectivity index (χ2v) is 3.61. The molecule has 0 aliphatic carbocycles. The molecule has 2 unspecified atom stereocenters. The van der Waals surface area contributed by atoms with Crippen molar-refractivity contribution in [3.05, 3.63) is 35.9 Å². The maximum Gasteiger partial charge on any atom is 0.0708 e. The Morgan fingerprint density at radius 1 is 1.29 bits per heavy atom. The number of aliphatic hydroxyl groups is 1. The summed E-state index contributed by atoms with van der Waals surface area (Å²) in [7, 11) is 0. The Morgan fingerprint density at radius 2 is 2.00 bits per heavy atom. The van der Waals surface area contributed by atoms with Crippen molar-refractivity contribution in [2.75, 3.05) is 6.54 Å². The lowest BCUT2D eigenvalue weighted by atomic mass is 10.0. The average Bonchev–Trinajstić information content (AvgIpc) is 2.54. The van der Waals surface area contributed by atoms with Gasteiger partial charge in [0.25, 0.3) is 0 Å². The highest BCUT2D eigenvalue weighted by atomic mass is 35.5. The van der Waals surface area contributed by atoms with Crippen LogP contribution in [-0.2, 0) is 6.42 Å². The molecule has 2 N–H and O–H groups in total. The molecule has 1 saturated heterocycles. The Morgan fingerprint density at radius 3 is 2.57 bits per heavy atom. The van der Waals surface area contributed by atoms with Gasteiger partial charge in [-0.2, -0.15) is 0 Å². The Kier molecular flexibility index (Phi) is 4.39. The van der Waals surface area contributed by atoms with Crippen LogP contribution in [0.15, 0.2) is 30.3 Å². The van der Waals surface area contributed by atoms with Crippen molar-refractivity contribution in [3.63, 3.8) is 0 Å². The number of hydrogen-bond donors (Lipinski definition) is 2. The third-order valence-corrected chi connectivity index (χ3v) is 2.61. The van der Waals surface area contributed by atoms with Gasteiger partial charge in [-0.3, -0.25) is 0 Å². The SMILES string of the molecule is Cl.OC1CCNC1Cc1ccccc1. The maximum absolute atomic E-state index is 9.59. The number of hydrogen-bond acceptors (Lipinski definition) is 2. The number of nitrogens with one attached hydrogen (secondary N) is 1. The van der Waals surface area contributed by atoms with Gasteiger partial charge in [-0.05, 0) is 24.9 Å². The fourth-order valence-electron chi connectivity index (χ4n) is 1.83. The zero-order valence-corrected chi connectivity index (χ0v) is 8.83. The van der Waals surface area contributed by atoms with E-state index in [-0.39, 0.29) is 24.6 Å². The van der Waals surface area contributed by atoms with E-state index < -0.39 is 0 Å². The maximum atomic E-state index is 9.59. The molecule has 1 aromatic rings. The van der Waals surface area contributed by atoms with E-state index in [1.165, 1.54) is 5.56 Å². The lowest BCUT2D eigenvalue weighted by Crippen LogP contribution is -2.32. The molecule has 0 amide bonds. The largest absolute Gasteiger partial charge is 0.391 e. The predicted molar refractivity (Wildman–Crippen MR) is 59.8 cm³/mol. The third kappa shape index (κ3) is 2.71. The first-order chi connectivity index (χ1) is 6.36. The van der Waals surface area contributed by atoms with E-state index in [1.807, 2.05) is 18.2 Å². The molecule has 1 aliphatic heterocycles. The summed E-state index contributed by atoms with van der Waals surface area (Å²) in [5.74, 6) is 0. The van der Waals surface area contributed by atoms with Crippen molar-refractivity contribution in [2.45, 2.75) is 25.0 Å². The molecule has 1 heterocycles. The lowest BCUT2D eigenvalue weighted by Gasteiger charge is -2.14. The number of benzene rings is 1. The summed E-state index contributed by atoms with van der Waals surface area (Å²) in [6.07, 6.45) is 1.65. The van der Waals surface area contributed by atoms with Crippen LogP contribution >= 0.6 is 12.4 Å². The number of rotatable bonds is 2. The zero-order valence-electron chi connectivity index (χ0n) is 8.02. The van der Waals surface area contributed by atoms with Crippen LogP contribution in [0, 0.1) is 0 Å². The smallest absolute Gasteiger partial charge is 0.0708 e. The standard InChI is InChI=1S/C11H15NO.ClH/c13-11-6-7-12-10(11)8-9-4-2-1-3-5-9;/h1-5,10-13H,6-8H2;1H. The lowest BCUT2D eigenvalue weighted by molar-refractivity contribution is 0.159. The Labute approximate surface area is 90.7 Å². The summed E-state index contributed by atoms with van der Waals surface area (Å²) in [6.45, 7) is 0.943. The van der Waals surface area contributed by atoms with E-state index >= 15 is 0 Å². The summed E-state index contributed by atoms with van der Waals surface area (Å²) >= 11 is 0. The van der Waals surface area contributed by atoms with Crippen molar-refractivity contribution >= 4 is 12.4 Å². The second kappa shape index (κ2) is 5.35. The van der Waals surface area contributed by atoms with Gasteiger partial charge < -0.3 is 10.4 Å². The van der Waals surface area contributed by atoms with Gasteiger partial charge in [-0.15, -0.1) is 12.4 Å². The van der Waals surface area contributed by atoms with E-state index in [2.05, 4.69) is 17.4 Å². The predicted octanol–water partition coefficient (Wildman–Crippen LogP) is 1.37. The van der Waals surface area contributed by atoms with Gasteiger partial charge in [0.15, 0.2) is 0 Å². The van der Waals surface area contributed by atoms with Crippen LogP contribution in [0.2, 0.25) is 0 Å². The van der Waals surface area contributed by atoms with Crippen LogP contribution in [0.25, 0.3) is 0 Å². The molecule has 2 nitrogen and oxygen atoms in total. The number of halogens is 1. The highest BCUT2D eigenvalue weighted by Crippen LogP contribution is 2.12. The molecule has 14 heavy (non-hydrogen) atoms. The molecule has 0 aromatic heterocycles. The van der Waals surface area contributed by atoms with Crippen LogP contribution in [-0.4, -0.2) is 23.8 Å². The van der Waals surface area contributed by atoms with Crippen molar-refractivity contribution in [1.82, 2.24) is 5.32 Å². The van der Waals surface area contributed by atoms with Gasteiger partial charge in [0, 0.05) is 6.04 Å². The minimum atomic E-state index is -0.166. The number of aliphatic hydroxyl groups excluding tert-OH is 1. The molecular formula is C11H16ClNO. The van der Waals surface area contributed by atoms with Crippen molar-refractivity contribution < 1.29 is 5.11 Å². The molecule has 1 aliphatic rings. The van der Waals surface area contributed by atoms with E-state index in [1.54, 1.807) is 0 Å². The molecule has 0 saturated carbocycles. The monoisotopic (exact) mass is 213 g/mol. The summed E-state index contributed by atoms with van der Waals surface area (Å²) in [6, 6.07) is 10.6. The molecule has 78 valence electrons. The van der Waals surface area contributed by atoms with E-state index in [0.717, 1.165) is 19.4 Å². The Bertz CT molecular complexity index is 265. The third-order valence-electron chi connectivity index (χ3n) is 2.61. The van der Waals surface area contributed by atoms with E-state index in [0.29, 0.717) is 0 Å². The Hall–Kier alpha value is -0.570. The summed E-state index contributed by atoms with van der Waals surface area (Å²) in [5, 5.41) is 12.9. The van der Waals surface area contributed by atoms with E-state index in [9.17, 15) is 5.11 Å². The van der Waals surface area contributed by atoms with E-state index in [4.69, 9.17) is 0 Å². The fraction of sp³-hybridized carbons (Fsp3) is 0.455. The minimum Gasteiger partial charge on any atom is -0.391 e.